The van der Waals surface area contributed by atoms with Gasteiger partial charge in [0, 0.05) is 5.56 Å². The van der Waals surface area contributed by atoms with Crippen LogP contribution in [0.4, 0.5) is 0 Å². The van der Waals surface area contributed by atoms with Gasteiger partial charge in [0.1, 0.15) is 5.75 Å². The Morgan fingerprint density at radius 3 is 2.65 bits per heavy atom. The first kappa shape index (κ1) is 12.0. The zero-order valence-corrected chi connectivity index (χ0v) is 10.9. The normalized spacial score (nSPS) is 10.9. The van der Waals surface area contributed by atoms with E-state index in [9.17, 15) is 0 Å². The third-order valence-corrected chi connectivity index (χ3v) is 2.92. The van der Waals surface area contributed by atoms with Crippen LogP contribution in [-0.4, -0.2) is 17.1 Å². The van der Waals surface area contributed by atoms with Gasteiger partial charge >= 0.3 is 0 Å². The standard InChI is InChI=1S/C13H15ClN2O/c1-8(2)9-4-5-10(12(6-9)17-3)11-7-15-13(14)16-11/h4-8H,1-3H3,(H,15,16). The van der Waals surface area contributed by atoms with Crippen molar-refractivity contribution in [3.05, 3.63) is 35.2 Å². The van der Waals surface area contributed by atoms with Gasteiger partial charge in [0.15, 0.2) is 5.28 Å². The van der Waals surface area contributed by atoms with Crippen molar-refractivity contribution in [2.24, 2.45) is 0 Å². The average Bonchev–Trinajstić information content (AvgIpc) is 2.74. The molecule has 0 saturated heterocycles. The van der Waals surface area contributed by atoms with E-state index in [0.717, 1.165) is 17.0 Å². The summed E-state index contributed by atoms with van der Waals surface area (Å²) in [7, 11) is 1.67. The van der Waals surface area contributed by atoms with E-state index in [4.69, 9.17) is 16.3 Å². The molecule has 2 rings (SSSR count). The van der Waals surface area contributed by atoms with Crippen molar-refractivity contribution in [1.82, 2.24) is 9.97 Å². The first-order valence-corrected chi connectivity index (χ1v) is 5.88. The van der Waals surface area contributed by atoms with E-state index in [1.54, 1.807) is 13.3 Å². The van der Waals surface area contributed by atoms with Gasteiger partial charge in [0.05, 0.1) is 19.0 Å². The molecule has 2 aromatic rings. The first-order chi connectivity index (χ1) is 8.11. The molecular weight excluding hydrogens is 236 g/mol. The number of rotatable bonds is 3. The van der Waals surface area contributed by atoms with Crippen LogP contribution in [0, 0.1) is 0 Å². The van der Waals surface area contributed by atoms with Crippen molar-refractivity contribution < 1.29 is 4.74 Å². The number of methoxy groups -OCH3 is 1. The molecule has 1 aromatic carbocycles. The Morgan fingerprint density at radius 2 is 2.12 bits per heavy atom. The minimum Gasteiger partial charge on any atom is -0.496 e. The van der Waals surface area contributed by atoms with Crippen molar-refractivity contribution in [2.75, 3.05) is 7.11 Å². The second-order valence-corrected chi connectivity index (χ2v) is 4.56. The molecule has 0 aliphatic heterocycles. The Bertz CT molecular complexity index is 520. The first-order valence-electron chi connectivity index (χ1n) is 5.50. The molecule has 90 valence electrons. The Kier molecular flexibility index (Phi) is 3.38. The zero-order valence-electron chi connectivity index (χ0n) is 10.1. The zero-order chi connectivity index (χ0) is 12.4. The molecule has 0 aliphatic carbocycles. The van der Waals surface area contributed by atoms with Crippen LogP contribution in [0.5, 0.6) is 5.75 Å². The lowest BCUT2D eigenvalue weighted by Crippen LogP contribution is -1.93. The SMILES string of the molecule is COc1cc(C(C)C)ccc1-c1cnc(Cl)[nH]1. The predicted octanol–water partition coefficient (Wildman–Crippen LogP) is 3.86. The minimum absolute atomic E-state index is 0.384. The van der Waals surface area contributed by atoms with E-state index < -0.39 is 0 Å². The van der Waals surface area contributed by atoms with Crippen LogP contribution >= 0.6 is 11.6 Å². The highest BCUT2D eigenvalue weighted by Gasteiger charge is 2.10. The summed E-state index contributed by atoms with van der Waals surface area (Å²) in [4.78, 5) is 6.97. The summed E-state index contributed by atoms with van der Waals surface area (Å²) in [6.45, 7) is 4.31. The molecule has 0 saturated carbocycles. The number of ether oxygens (including phenoxy) is 1. The number of hydrogen-bond donors (Lipinski definition) is 1. The van der Waals surface area contributed by atoms with Gasteiger partial charge in [0.25, 0.3) is 0 Å². The van der Waals surface area contributed by atoms with Crippen LogP contribution in [0.3, 0.4) is 0 Å². The van der Waals surface area contributed by atoms with E-state index in [0.29, 0.717) is 11.2 Å². The summed E-state index contributed by atoms with van der Waals surface area (Å²) in [6.07, 6.45) is 1.70. The molecule has 0 fully saturated rings. The lowest BCUT2D eigenvalue weighted by atomic mass is 10.00. The molecule has 0 amide bonds. The maximum absolute atomic E-state index is 5.78. The van der Waals surface area contributed by atoms with Gasteiger partial charge in [0.2, 0.25) is 0 Å². The van der Waals surface area contributed by atoms with Gasteiger partial charge < -0.3 is 9.72 Å². The lowest BCUT2D eigenvalue weighted by Gasteiger charge is -2.11. The van der Waals surface area contributed by atoms with Crippen molar-refractivity contribution in [1.29, 1.82) is 0 Å². The number of imidazole rings is 1. The number of nitrogens with one attached hydrogen (secondary N) is 1. The van der Waals surface area contributed by atoms with Crippen LogP contribution in [0.15, 0.2) is 24.4 Å². The quantitative estimate of drug-likeness (QED) is 0.898. The number of aromatic nitrogens is 2. The van der Waals surface area contributed by atoms with Gasteiger partial charge in [-0.3, -0.25) is 0 Å². The van der Waals surface area contributed by atoms with E-state index in [1.807, 2.05) is 6.07 Å². The van der Waals surface area contributed by atoms with E-state index in [2.05, 4.69) is 35.9 Å². The second kappa shape index (κ2) is 4.80. The predicted molar refractivity (Wildman–Crippen MR) is 69.7 cm³/mol. The maximum atomic E-state index is 5.78. The maximum Gasteiger partial charge on any atom is 0.200 e. The molecule has 0 unspecified atom stereocenters. The Morgan fingerprint density at radius 1 is 1.35 bits per heavy atom. The van der Waals surface area contributed by atoms with E-state index in [-0.39, 0.29) is 0 Å². The molecule has 17 heavy (non-hydrogen) atoms. The monoisotopic (exact) mass is 250 g/mol. The summed E-state index contributed by atoms with van der Waals surface area (Å²) < 4.78 is 5.41. The van der Waals surface area contributed by atoms with Gasteiger partial charge in [-0.05, 0) is 35.2 Å². The molecule has 0 bridgehead atoms. The molecule has 1 heterocycles. The summed E-state index contributed by atoms with van der Waals surface area (Å²) >= 11 is 5.78. The summed E-state index contributed by atoms with van der Waals surface area (Å²) in [6, 6.07) is 6.17. The number of benzene rings is 1. The lowest BCUT2D eigenvalue weighted by molar-refractivity contribution is 0.415. The van der Waals surface area contributed by atoms with Gasteiger partial charge in [-0.15, -0.1) is 0 Å². The topological polar surface area (TPSA) is 37.9 Å². The highest BCUT2D eigenvalue weighted by Crippen LogP contribution is 2.32. The largest absolute Gasteiger partial charge is 0.496 e. The van der Waals surface area contributed by atoms with Crippen LogP contribution in [0.25, 0.3) is 11.3 Å². The smallest absolute Gasteiger partial charge is 0.200 e. The van der Waals surface area contributed by atoms with Crippen molar-refractivity contribution in [3.63, 3.8) is 0 Å². The number of H-pyrrole nitrogens is 1. The summed E-state index contributed by atoms with van der Waals surface area (Å²) in [5, 5.41) is 0.384. The molecule has 4 heteroatoms. The number of nitrogens with zero attached hydrogens (tertiary/aromatic N) is 1. The van der Waals surface area contributed by atoms with Crippen molar-refractivity contribution >= 4 is 11.6 Å². The Hall–Kier alpha value is -1.48. The fourth-order valence-electron chi connectivity index (χ4n) is 1.72. The fourth-order valence-corrected chi connectivity index (χ4v) is 1.87. The molecule has 1 aromatic heterocycles. The molecule has 0 radical (unpaired) electrons. The third kappa shape index (κ3) is 2.44. The molecule has 0 atom stereocenters. The summed E-state index contributed by atoms with van der Waals surface area (Å²) in [5.41, 5.74) is 3.08. The van der Waals surface area contributed by atoms with Gasteiger partial charge in [-0.2, -0.15) is 0 Å². The Labute approximate surface area is 106 Å². The second-order valence-electron chi connectivity index (χ2n) is 4.20. The van der Waals surface area contributed by atoms with Crippen LogP contribution in [-0.2, 0) is 0 Å². The average molecular weight is 251 g/mol. The van der Waals surface area contributed by atoms with Crippen molar-refractivity contribution in [2.45, 2.75) is 19.8 Å². The Balaban J connectivity index is 2.48. The van der Waals surface area contributed by atoms with Crippen molar-refractivity contribution in [3.8, 4) is 17.0 Å². The molecule has 1 N–H and O–H groups in total. The van der Waals surface area contributed by atoms with Crippen LogP contribution in [0.2, 0.25) is 5.28 Å². The van der Waals surface area contributed by atoms with E-state index in [1.165, 1.54) is 5.56 Å². The van der Waals surface area contributed by atoms with Gasteiger partial charge in [-0.25, -0.2) is 4.98 Å². The van der Waals surface area contributed by atoms with Crippen LogP contribution in [0.1, 0.15) is 25.3 Å². The van der Waals surface area contributed by atoms with Gasteiger partial charge in [-0.1, -0.05) is 19.9 Å². The number of hydrogen-bond acceptors (Lipinski definition) is 2. The molecular formula is C13H15ClN2O. The highest BCUT2D eigenvalue weighted by atomic mass is 35.5. The minimum atomic E-state index is 0.384. The molecule has 0 aliphatic rings. The highest BCUT2D eigenvalue weighted by molar-refractivity contribution is 6.28. The number of halogens is 1. The third-order valence-electron chi connectivity index (χ3n) is 2.73. The van der Waals surface area contributed by atoms with E-state index >= 15 is 0 Å². The fraction of sp³-hybridized carbons (Fsp3) is 0.308. The van der Waals surface area contributed by atoms with Crippen LogP contribution < -0.4 is 4.74 Å². The molecule has 0 spiro atoms. The molecule has 3 nitrogen and oxygen atoms in total. The number of aromatic amines is 1. The summed E-state index contributed by atoms with van der Waals surface area (Å²) in [5.74, 6) is 1.31.